The van der Waals surface area contributed by atoms with Crippen LogP contribution in [-0.2, 0) is 26.0 Å². The average Bonchev–Trinajstić information content (AvgIpc) is 3.40. The summed E-state index contributed by atoms with van der Waals surface area (Å²) in [6, 6.07) is 5.14. The molecule has 1 aromatic heterocycles. The third-order valence-electron chi connectivity index (χ3n) is 8.19. The number of aliphatic hydroxyl groups excluding tert-OH is 1. The van der Waals surface area contributed by atoms with E-state index in [2.05, 4.69) is 0 Å². The normalized spacial score (nSPS) is 25.8. The van der Waals surface area contributed by atoms with Crippen LogP contribution in [-0.4, -0.2) is 16.1 Å². The van der Waals surface area contributed by atoms with E-state index < -0.39 is 47.0 Å². The quantitative estimate of drug-likeness (QED) is 0.437. The molecular formula is C29H34F3NO4. The first kappa shape index (κ1) is 26.2. The van der Waals surface area contributed by atoms with Gasteiger partial charge in [-0.2, -0.15) is 13.2 Å². The molecule has 1 spiro atoms. The number of alkyl halides is 3. The van der Waals surface area contributed by atoms with Crippen LogP contribution < -0.4 is 0 Å². The molecular weight excluding hydrogens is 483 g/mol. The minimum absolute atomic E-state index is 0.0312. The van der Waals surface area contributed by atoms with Crippen LogP contribution in [0.3, 0.4) is 0 Å². The van der Waals surface area contributed by atoms with Gasteiger partial charge in [0.2, 0.25) is 0 Å². The van der Waals surface area contributed by atoms with E-state index >= 15 is 0 Å². The fourth-order valence-corrected chi connectivity index (χ4v) is 6.58. The van der Waals surface area contributed by atoms with Gasteiger partial charge in [0.15, 0.2) is 0 Å². The van der Waals surface area contributed by atoms with E-state index in [9.17, 15) is 23.1 Å². The van der Waals surface area contributed by atoms with E-state index in [-0.39, 0.29) is 5.92 Å². The molecule has 2 heterocycles. The van der Waals surface area contributed by atoms with E-state index in [0.29, 0.717) is 23.2 Å². The van der Waals surface area contributed by atoms with E-state index in [1.165, 1.54) is 19.1 Å². The van der Waals surface area contributed by atoms with Crippen LogP contribution in [0.15, 0.2) is 24.3 Å². The average molecular weight is 518 g/mol. The second kappa shape index (κ2) is 8.80. The summed E-state index contributed by atoms with van der Waals surface area (Å²) in [6.07, 6.45) is -2.70. The predicted molar refractivity (Wildman–Crippen MR) is 131 cm³/mol. The molecule has 2 unspecified atom stereocenters. The van der Waals surface area contributed by atoms with Crippen molar-refractivity contribution in [3.63, 3.8) is 0 Å². The van der Waals surface area contributed by atoms with Gasteiger partial charge in [-0.1, -0.05) is 52.7 Å². The lowest BCUT2D eigenvalue weighted by molar-refractivity contribution is -0.156. The molecule has 37 heavy (non-hydrogen) atoms. The first-order valence-electron chi connectivity index (χ1n) is 13.0. The van der Waals surface area contributed by atoms with Crippen molar-refractivity contribution in [1.82, 2.24) is 4.98 Å². The Morgan fingerprint density at radius 2 is 1.76 bits per heavy atom. The van der Waals surface area contributed by atoms with Crippen molar-refractivity contribution in [2.75, 3.05) is 0 Å². The highest BCUT2D eigenvalue weighted by Crippen LogP contribution is 2.61. The van der Waals surface area contributed by atoms with Crippen molar-refractivity contribution in [2.24, 2.45) is 5.41 Å². The van der Waals surface area contributed by atoms with Crippen LogP contribution in [0.1, 0.15) is 130 Å². The first-order valence-corrected chi connectivity index (χ1v) is 13.0. The fourth-order valence-electron chi connectivity index (χ4n) is 6.58. The molecule has 1 aliphatic heterocycles. The topological polar surface area (TPSA) is 68.7 Å². The number of esters is 1. The first-order chi connectivity index (χ1) is 17.2. The Labute approximate surface area is 215 Å². The monoisotopic (exact) mass is 517 g/mol. The lowest BCUT2D eigenvalue weighted by Gasteiger charge is -2.42. The third kappa shape index (κ3) is 4.26. The number of ether oxygens (including phenoxy) is 2. The number of halogens is 3. The van der Waals surface area contributed by atoms with Crippen LogP contribution in [0.2, 0.25) is 0 Å². The Morgan fingerprint density at radius 1 is 1.14 bits per heavy atom. The van der Waals surface area contributed by atoms with Crippen LogP contribution in [0.4, 0.5) is 13.2 Å². The number of aliphatic hydroxyl groups is 1. The summed E-state index contributed by atoms with van der Waals surface area (Å²) in [5.41, 5.74) is 2.48. The van der Waals surface area contributed by atoms with Gasteiger partial charge in [-0.15, -0.1) is 0 Å². The molecule has 0 radical (unpaired) electrons. The second-order valence-corrected chi connectivity index (χ2v) is 11.8. The molecule has 200 valence electrons. The maximum absolute atomic E-state index is 13.3. The number of benzene rings is 1. The smallest absolute Gasteiger partial charge is 0.416 e. The molecule has 2 aliphatic carbocycles. The molecule has 0 amide bonds. The lowest BCUT2D eigenvalue weighted by Crippen LogP contribution is -2.37. The highest BCUT2D eigenvalue weighted by Gasteiger charge is 2.55. The highest BCUT2D eigenvalue weighted by molar-refractivity contribution is 5.67. The number of hydrogen-bond donors (Lipinski definition) is 1. The maximum atomic E-state index is 13.3. The molecule has 1 aromatic carbocycles. The number of nitrogens with zero attached hydrogens (tertiary/aromatic N) is 1. The number of carbonyl (C=O) groups excluding carboxylic acids is 1. The summed E-state index contributed by atoms with van der Waals surface area (Å²) < 4.78 is 52.4. The Hall–Kier alpha value is -2.45. The number of rotatable bonds is 3. The summed E-state index contributed by atoms with van der Waals surface area (Å²) in [5, 5.41) is 11.5. The molecule has 2 aromatic rings. The summed E-state index contributed by atoms with van der Waals surface area (Å²) in [5.74, 6) is -0.445. The highest BCUT2D eigenvalue weighted by atomic mass is 19.4. The molecule has 3 aliphatic rings. The minimum Gasteiger partial charge on any atom is -0.455 e. The summed E-state index contributed by atoms with van der Waals surface area (Å²) >= 11 is 0. The van der Waals surface area contributed by atoms with Gasteiger partial charge in [0.25, 0.3) is 0 Å². The van der Waals surface area contributed by atoms with Gasteiger partial charge in [0, 0.05) is 29.2 Å². The van der Waals surface area contributed by atoms with Gasteiger partial charge in [-0.3, -0.25) is 9.78 Å². The molecule has 5 rings (SSSR count). The van der Waals surface area contributed by atoms with E-state index in [1.807, 2.05) is 27.7 Å². The van der Waals surface area contributed by atoms with Crippen molar-refractivity contribution < 1.29 is 32.5 Å². The van der Waals surface area contributed by atoms with Crippen molar-refractivity contribution in [2.45, 2.75) is 103 Å². The van der Waals surface area contributed by atoms with E-state index in [0.717, 1.165) is 54.6 Å². The summed E-state index contributed by atoms with van der Waals surface area (Å²) in [7, 11) is 0. The van der Waals surface area contributed by atoms with Gasteiger partial charge in [0.05, 0.1) is 23.0 Å². The Morgan fingerprint density at radius 3 is 2.30 bits per heavy atom. The Kier molecular flexibility index (Phi) is 6.23. The molecule has 0 saturated heterocycles. The minimum atomic E-state index is -4.42. The van der Waals surface area contributed by atoms with Crippen LogP contribution >= 0.6 is 0 Å². The zero-order valence-corrected chi connectivity index (χ0v) is 21.9. The zero-order chi connectivity index (χ0) is 26.9. The van der Waals surface area contributed by atoms with Crippen molar-refractivity contribution in [3.05, 3.63) is 63.5 Å². The summed E-state index contributed by atoms with van der Waals surface area (Å²) in [4.78, 5) is 17.2. The molecule has 0 bridgehead atoms. The second-order valence-electron chi connectivity index (χ2n) is 11.8. The van der Waals surface area contributed by atoms with Crippen LogP contribution in [0, 0.1) is 5.41 Å². The zero-order valence-electron chi connectivity index (χ0n) is 21.9. The fraction of sp³-hybridized carbons (Fsp3) is 0.586. The molecule has 1 saturated carbocycles. The SMILES string of the molecule is CC(=O)O[C@@H]1c2nc(C(C)C)c3c(c2C(O)CC1(C)C)C1(CCCC1)OC3c1ccc(C(F)(F)F)cc1. The molecule has 1 N–H and O–H groups in total. The number of hydrogen-bond acceptors (Lipinski definition) is 5. The molecule has 8 heteroatoms. The van der Waals surface area contributed by atoms with E-state index in [4.69, 9.17) is 14.5 Å². The number of carbonyl (C=O) groups is 1. The van der Waals surface area contributed by atoms with Crippen molar-refractivity contribution in [3.8, 4) is 0 Å². The van der Waals surface area contributed by atoms with Gasteiger partial charge in [-0.05, 0) is 48.4 Å². The number of fused-ring (bicyclic) bond motifs is 4. The number of aromatic nitrogens is 1. The lowest BCUT2D eigenvalue weighted by atomic mass is 9.68. The standard InChI is InChI=1S/C29H34F3NO4/c1-15(2)23-21-22(20-19(35)14-27(4,5)26(24(20)33-23)36-16(3)34)28(12-6-7-13-28)37-25(21)17-8-10-18(11-9-17)29(30,31)32/h8-11,15,19,25-26,35H,6-7,12-14H2,1-5H3/t19?,25?,26-/m1/s1. The van der Waals surface area contributed by atoms with Crippen molar-refractivity contribution in [1.29, 1.82) is 0 Å². The Balaban J connectivity index is 1.77. The van der Waals surface area contributed by atoms with Gasteiger partial charge >= 0.3 is 12.1 Å². The van der Waals surface area contributed by atoms with Crippen LogP contribution in [0.25, 0.3) is 0 Å². The number of pyridine rings is 1. The molecule has 1 fully saturated rings. The summed E-state index contributed by atoms with van der Waals surface area (Å²) in [6.45, 7) is 9.33. The largest absolute Gasteiger partial charge is 0.455 e. The van der Waals surface area contributed by atoms with Crippen molar-refractivity contribution >= 4 is 5.97 Å². The molecule has 5 nitrogen and oxygen atoms in total. The van der Waals surface area contributed by atoms with E-state index in [1.54, 1.807) is 0 Å². The van der Waals surface area contributed by atoms with Gasteiger partial charge in [-0.25, -0.2) is 0 Å². The Bertz CT molecular complexity index is 1210. The predicted octanol–water partition coefficient (Wildman–Crippen LogP) is 7.18. The maximum Gasteiger partial charge on any atom is 0.416 e. The van der Waals surface area contributed by atoms with Gasteiger partial charge < -0.3 is 14.6 Å². The van der Waals surface area contributed by atoms with Crippen LogP contribution in [0.5, 0.6) is 0 Å². The third-order valence-corrected chi connectivity index (χ3v) is 8.19. The van der Waals surface area contributed by atoms with Gasteiger partial charge in [0.1, 0.15) is 12.2 Å². The molecule has 3 atom stereocenters.